The van der Waals surface area contributed by atoms with Gasteiger partial charge in [0.1, 0.15) is 11.9 Å². The van der Waals surface area contributed by atoms with Crippen molar-refractivity contribution < 1.29 is 23.6 Å². The molecule has 7 heteroatoms. The van der Waals surface area contributed by atoms with Crippen LogP contribution in [0, 0.1) is 5.92 Å². The highest BCUT2D eigenvalue weighted by molar-refractivity contribution is 7.52. The van der Waals surface area contributed by atoms with Crippen LogP contribution < -0.4 is 0 Å². The van der Waals surface area contributed by atoms with Crippen LogP contribution in [0.25, 0.3) is 0 Å². The molecule has 0 aromatic heterocycles. The maximum atomic E-state index is 11.8. The summed E-state index contributed by atoms with van der Waals surface area (Å²) in [5, 5.41) is 0.167. The van der Waals surface area contributed by atoms with Crippen LogP contribution in [0.15, 0.2) is 0 Å². The Labute approximate surface area is 128 Å². The summed E-state index contributed by atoms with van der Waals surface area (Å²) in [6.07, 6.45) is 2.54. The van der Waals surface area contributed by atoms with E-state index < -0.39 is 22.1 Å². The summed E-state index contributed by atoms with van der Waals surface area (Å²) < 4.78 is 17.2. The zero-order valence-corrected chi connectivity index (χ0v) is 15.7. The van der Waals surface area contributed by atoms with Gasteiger partial charge in [-0.15, -0.1) is 0 Å². The summed E-state index contributed by atoms with van der Waals surface area (Å²) in [6, 6.07) is 0. The van der Waals surface area contributed by atoms with E-state index in [4.69, 9.17) is 14.2 Å². The molecule has 0 heterocycles. The van der Waals surface area contributed by atoms with E-state index in [1.807, 2.05) is 0 Å². The van der Waals surface area contributed by atoms with E-state index in [9.17, 15) is 9.36 Å². The molecule has 0 unspecified atom stereocenters. The minimum absolute atomic E-state index is 0.167. The quantitative estimate of drug-likeness (QED) is 0.594. The molecule has 1 aliphatic rings. The van der Waals surface area contributed by atoms with Crippen LogP contribution in [0.2, 0.25) is 18.1 Å². The van der Waals surface area contributed by atoms with Crippen molar-refractivity contribution in [3.8, 4) is 0 Å². The average molecular weight is 336 g/mol. The van der Waals surface area contributed by atoms with Crippen molar-refractivity contribution in [1.29, 1.82) is 0 Å². The molecule has 1 fully saturated rings. The third kappa shape index (κ3) is 5.95. The van der Waals surface area contributed by atoms with Crippen molar-refractivity contribution in [2.75, 3.05) is 6.16 Å². The number of hydrogen-bond acceptors (Lipinski definition) is 3. The number of rotatable bonds is 5. The van der Waals surface area contributed by atoms with Crippen LogP contribution in [0.4, 0.5) is 0 Å². The molecule has 1 aliphatic carbocycles. The van der Waals surface area contributed by atoms with Gasteiger partial charge in [0.15, 0.2) is 8.32 Å². The third-order valence-corrected chi connectivity index (χ3v) is 10.0. The van der Waals surface area contributed by atoms with Crippen molar-refractivity contribution >= 4 is 21.7 Å². The lowest BCUT2D eigenvalue weighted by Crippen LogP contribution is -2.45. The summed E-state index contributed by atoms with van der Waals surface area (Å²) in [6.45, 7) is 11.0. The van der Waals surface area contributed by atoms with Gasteiger partial charge in [0.25, 0.3) is 0 Å². The van der Waals surface area contributed by atoms with Gasteiger partial charge >= 0.3 is 7.60 Å². The second-order valence-corrected chi connectivity index (χ2v) is 14.0. The number of ketones is 1. The maximum Gasteiger partial charge on any atom is 0.332 e. The zero-order valence-electron chi connectivity index (χ0n) is 13.8. The van der Waals surface area contributed by atoms with Crippen molar-refractivity contribution in [2.24, 2.45) is 5.92 Å². The Morgan fingerprint density at radius 1 is 1.19 bits per heavy atom. The van der Waals surface area contributed by atoms with Gasteiger partial charge in [0.2, 0.25) is 0 Å². The first-order valence-corrected chi connectivity index (χ1v) is 12.3. The SMILES string of the molecule is CC(C)(C)[Si](C)(C)OC1CCC(C(=O)CP(=O)(O)O)CC1. The van der Waals surface area contributed by atoms with Crippen LogP contribution in [-0.4, -0.2) is 36.2 Å². The molecule has 1 rings (SSSR count). The molecule has 124 valence electrons. The van der Waals surface area contributed by atoms with Gasteiger partial charge in [-0.25, -0.2) is 0 Å². The minimum atomic E-state index is -4.23. The molecule has 1 saturated carbocycles. The normalized spacial score (nSPS) is 24.9. The Morgan fingerprint density at radius 3 is 2.05 bits per heavy atom. The standard InChI is InChI=1S/C14H29O5PSi/c1-14(2,3)21(4,5)19-12-8-6-11(7-9-12)13(15)10-20(16,17)18/h11-12H,6-10H2,1-5H3,(H2,16,17,18). The van der Waals surface area contributed by atoms with Gasteiger partial charge in [-0.2, -0.15) is 0 Å². The van der Waals surface area contributed by atoms with Crippen LogP contribution >= 0.6 is 7.60 Å². The summed E-state index contributed by atoms with van der Waals surface area (Å²) in [5.41, 5.74) is 0. The molecule has 0 atom stereocenters. The van der Waals surface area contributed by atoms with Crippen molar-refractivity contribution in [1.82, 2.24) is 0 Å². The first-order chi connectivity index (χ1) is 9.32. The van der Waals surface area contributed by atoms with E-state index in [2.05, 4.69) is 33.9 Å². The fourth-order valence-electron chi connectivity index (χ4n) is 2.43. The largest absolute Gasteiger partial charge is 0.414 e. The molecule has 21 heavy (non-hydrogen) atoms. The molecular formula is C14H29O5PSi. The fourth-order valence-corrected chi connectivity index (χ4v) is 4.52. The molecule has 0 spiro atoms. The molecule has 0 saturated heterocycles. The van der Waals surface area contributed by atoms with Gasteiger partial charge < -0.3 is 14.2 Å². The monoisotopic (exact) mass is 336 g/mol. The first kappa shape index (κ1) is 19.0. The summed E-state index contributed by atoms with van der Waals surface area (Å²) in [4.78, 5) is 29.6. The van der Waals surface area contributed by atoms with Gasteiger partial charge in [-0.3, -0.25) is 9.36 Å². The highest BCUT2D eigenvalue weighted by Gasteiger charge is 2.40. The molecular weight excluding hydrogens is 307 g/mol. The summed E-state index contributed by atoms with van der Waals surface area (Å²) in [7, 11) is -6.02. The number of hydrogen-bond donors (Lipinski definition) is 2. The van der Waals surface area contributed by atoms with E-state index in [-0.39, 0.29) is 22.8 Å². The molecule has 0 aromatic carbocycles. The van der Waals surface area contributed by atoms with Crippen LogP contribution in [0.3, 0.4) is 0 Å². The van der Waals surface area contributed by atoms with E-state index >= 15 is 0 Å². The molecule has 0 amide bonds. The summed E-state index contributed by atoms with van der Waals surface area (Å²) in [5.74, 6) is -0.508. The minimum Gasteiger partial charge on any atom is -0.414 e. The maximum absolute atomic E-state index is 11.8. The average Bonchev–Trinajstić information content (AvgIpc) is 2.25. The Kier molecular flexibility index (Phi) is 6.01. The fraction of sp³-hybridized carbons (Fsp3) is 0.929. The predicted octanol–water partition coefficient (Wildman–Crippen LogP) is 3.31. The zero-order chi connectivity index (χ0) is 16.5. The second kappa shape index (κ2) is 6.63. The number of carbonyl (C=O) groups is 1. The lowest BCUT2D eigenvalue weighted by molar-refractivity contribution is -0.122. The predicted molar refractivity (Wildman–Crippen MR) is 85.9 cm³/mol. The Bertz CT molecular complexity index is 416. The number of Topliss-reactive ketones (excluding diaryl/α,β-unsaturated/α-hetero) is 1. The lowest BCUT2D eigenvalue weighted by Gasteiger charge is -2.41. The summed E-state index contributed by atoms with van der Waals surface area (Å²) >= 11 is 0. The lowest BCUT2D eigenvalue weighted by atomic mass is 9.85. The molecule has 0 radical (unpaired) electrons. The van der Waals surface area contributed by atoms with Crippen molar-refractivity contribution in [3.05, 3.63) is 0 Å². The van der Waals surface area contributed by atoms with Gasteiger partial charge in [0.05, 0.1) is 0 Å². The Hall–Kier alpha value is -0.00312. The van der Waals surface area contributed by atoms with E-state index in [1.54, 1.807) is 0 Å². The van der Waals surface area contributed by atoms with E-state index in [1.165, 1.54) is 0 Å². The highest BCUT2D eigenvalue weighted by atomic mass is 31.2. The van der Waals surface area contributed by atoms with E-state index in [0.29, 0.717) is 12.8 Å². The number of carbonyl (C=O) groups excluding carboxylic acids is 1. The van der Waals surface area contributed by atoms with Crippen LogP contribution in [0.1, 0.15) is 46.5 Å². The van der Waals surface area contributed by atoms with Gasteiger partial charge in [-0.05, 0) is 43.8 Å². The topological polar surface area (TPSA) is 83.8 Å². The van der Waals surface area contributed by atoms with Crippen LogP contribution in [-0.2, 0) is 13.8 Å². The van der Waals surface area contributed by atoms with Gasteiger partial charge in [-0.1, -0.05) is 20.8 Å². The van der Waals surface area contributed by atoms with Gasteiger partial charge in [0, 0.05) is 12.0 Å². The Balaban J connectivity index is 2.50. The molecule has 0 aliphatic heterocycles. The van der Waals surface area contributed by atoms with E-state index in [0.717, 1.165) is 12.8 Å². The van der Waals surface area contributed by atoms with Crippen LogP contribution in [0.5, 0.6) is 0 Å². The first-order valence-electron chi connectivity index (χ1n) is 7.57. The third-order valence-electron chi connectivity index (χ3n) is 4.76. The molecule has 2 N–H and O–H groups in total. The van der Waals surface area contributed by atoms with Crippen molar-refractivity contribution in [2.45, 2.75) is 70.7 Å². The molecule has 0 aromatic rings. The molecule has 0 bridgehead atoms. The molecule has 5 nitrogen and oxygen atoms in total. The van der Waals surface area contributed by atoms with Crippen molar-refractivity contribution in [3.63, 3.8) is 0 Å². The smallest absolute Gasteiger partial charge is 0.332 e. The second-order valence-electron chi connectivity index (χ2n) is 7.64. The Morgan fingerprint density at radius 2 is 1.67 bits per heavy atom. The highest BCUT2D eigenvalue weighted by Crippen LogP contribution is 2.41.